The molecule has 0 aromatic heterocycles. The van der Waals surface area contributed by atoms with Gasteiger partial charge < -0.3 is 14.2 Å². The summed E-state index contributed by atoms with van der Waals surface area (Å²) in [5.74, 6) is 4.41. The molecule has 4 heterocycles. The van der Waals surface area contributed by atoms with E-state index >= 15 is 0 Å². The second-order valence-corrected chi connectivity index (χ2v) is 8.85. The number of ether oxygens (including phenoxy) is 3. The average molecular weight is 373 g/mol. The molecule has 148 valence electrons. The molecule has 1 aromatic rings. The number of rotatable bonds is 5. The van der Waals surface area contributed by atoms with E-state index in [2.05, 4.69) is 15.9 Å². The fraction of sp³-hybridized carbons (Fsp3) is 0.727. The number of fused-ring (bicyclic) bond motifs is 5. The lowest BCUT2D eigenvalue weighted by Gasteiger charge is -2.36. The minimum absolute atomic E-state index is 0.710. The van der Waals surface area contributed by atoms with E-state index in [9.17, 15) is 0 Å². The van der Waals surface area contributed by atoms with E-state index in [1.165, 1.54) is 57.4 Å². The van der Waals surface area contributed by atoms with Crippen LogP contribution in [0.3, 0.4) is 0 Å². The number of hydrogen-bond donors (Lipinski definition) is 0. The van der Waals surface area contributed by atoms with Gasteiger partial charge in [-0.25, -0.2) is 0 Å². The Balaban J connectivity index is 1.33. The van der Waals surface area contributed by atoms with Crippen molar-refractivity contribution >= 4 is 0 Å². The van der Waals surface area contributed by atoms with Crippen LogP contribution >= 0.6 is 0 Å². The zero-order valence-electron chi connectivity index (χ0n) is 16.5. The van der Waals surface area contributed by atoms with Gasteiger partial charge in [0.15, 0.2) is 11.5 Å². The predicted octanol–water partition coefficient (Wildman–Crippen LogP) is 3.16. The van der Waals surface area contributed by atoms with Gasteiger partial charge in [-0.1, -0.05) is 0 Å². The second kappa shape index (κ2) is 7.51. The molecule has 1 aliphatic carbocycles. The van der Waals surface area contributed by atoms with Crippen molar-refractivity contribution in [2.45, 2.75) is 44.7 Å². The number of nitrogens with zero attached hydrogens (tertiary/aromatic N) is 2. The lowest BCUT2D eigenvalue weighted by molar-refractivity contribution is 0.125. The van der Waals surface area contributed by atoms with Crippen molar-refractivity contribution in [2.75, 3.05) is 46.5 Å². The van der Waals surface area contributed by atoms with Gasteiger partial charge in [0.1, 0.15) is 5.75 Å². The Bertz CT molecular complexity index is 676. The predicted molar refractivity (Wildman–Crippen MR) is 105 cm³/mol. The average Bonchev–Trinajstić information content (AvgIpc) is 3.51. The largest absolute Gasteiger partial charge is 0.496 e. The first-order valence-corrected chi connectivity index (χ1v) is 10.7. The molecule has 27 heavy (non-hydrogen) atoms. The molecule has 5 aliphatic rings. The van der Waals surface area contributed by atoms with Crippen molar-refractivity contribution in [1.82, 2.24) is 9.80 Å². The quantitative estimate of drug-likeness (QED) is 0.793. The fourth-order valence-electron chi connectivity index (χ4n) is 5.05. The number of hydrogen-bond acceptors (Lipinski definition) is 5. The van der Waals surface area contributed by atoms with Crippen molar-refractivity contribution < 1.29 is 14.2 Å². The van der Waals surface area contributed by atoms with Gasteiger partial charge in [-0.15, -0.1) is 0 Å². The summed E-state index contributed by atoms with van der Waals surface area (Å²) in [4.78, 5) is 5.45. The third-order valence-electron chi connectivity index (χ3n) is 6.64. The first-order chi connectivity index (χ1) is 13.3. The van der Waals surface area contributed by atoms with Gasteiger partial charge in [-0.2, -0.15) is 0 Å². The Hall–Kier alpha value is -1.46. The van der Waals surface area contributed by atoms with Crippen LogP contribution in [0.5, 0.6) is 17.2 Å². The minimum Gasteiger partial charge on any atom is -0.496 e. The van der Waals surface area contributed by atoms with Crippen LogP contribution in [0, 0.1) is 11.8 Å². The van der Waals surface area contributed by atoms with Crippen LogP contribution in [-0.4, -0.2) is 62.3 Å². The molecule has 0 spiro atoms. The molecule has 1 saturated carbocycles. The molecule has 6 rings (SSSR count). The molecule has 2 atom stereocenters. The van der Waals surface area contributed by atoms with Crippen LogP contribution < -0.4 is 14.2 Å². The summed E-state index contributed by atoms with van der Waals surface area (Å²) in [6, 6.07) is 4.89. The summed E-state index contributed by atoms with van der Waals surface area (Å²) in [7, 11) is 1.76. The van der Waals surface area contributed by atoms with Crippen molar-refractivity contribution in [1.29, 1.82) is 0 Å². The van der Waals surface area contributed by atoms with Gasteiger partial charge in [-0.3, -0.25) is 9.80 Å². The molecule has 4 fully saturated rings. The Kier molecular flexibility index (Phi) is 4.91. The Morgan fingerprint density at radius 1 is 1.00 bits per heavy atom. The van der Waals surface area contributed by atoms with E-state index in [1.54, 1.807) is 7.11 Å². The lowest BCUT2D eigenvalue weighted by Crippen LogP contribution is -2.44. The van der Waals surface area contributed by atoms with Gasteiger partial charge in [0.05, 0.1) is 20.3 Å². The first-order valence-electron chi connectivity index (χ1n) is 10.7. The van der Waals surface area contributed by atoms with Gasteiger partial charge in [0, 0.05) is 56.8 Å². The summed E-state index contributed by atoms with van der Waals surface area (Å²) < 4.78 is 17.5. The maximum atomic E-state index is 5.92. The smallest absolute Gasteiger partial charge is 0.164 e. The van der Waals surface area contributed by atoms with Crippen molar-refractivity contribution in [2.24, 2.45) is 11.8 Å². The van der Waals surface area contributed by atoms with Crippen LogP contribution in [0.4, 0.5) is 0 Å². The van der Waals surface area contributed by atoms with E-state index in [1.807, 2.05) is 6.07 Å². The number of methoxy groups -OCH3 is 1. The van der Waals surface area contributed by atoms with Crippen LogP contribution in [0.2, 0.25) is 0 Å². The maximum absolute atomic E-state index is 5.92. The van der Waals surface area contributed by atoms with Gasteiger partial charge in [-0.05, 0) is 43.6 Å². The van der Waals surface area contributed by atoms with Gasteiger partial charge >= 0.3 is 0 Å². The van der Waals surface area contributed by atoms with E-state index in [0.717, 1.165) is 54.7 Å². The second-order valence-electron chi connectivity index (χ2n) is 8.85. The molecule has 0 radical (unpaired) electrons. The summed E-state index contributed by atoms with van der Waals surface area (Å²) in [5, 5.41) is 0. The molecular formula is C22H32N2O3. The van der Waals surface area contributed by atoms with Gasteiger partial charge in [0.2, 0.25) is 0 Å². The summed E-state index contributed by atoms with van der Waals surface area (Å²) >= 11 is 0. The summed E-state index contributed by atoms with van der Waals surface area (Å²) in [6.45, 7) is 7.39. The highest BCUT2D eigenvalue weighted by Gasteiger charge is 2.37. The highest BCUT2D eigenvalue weighted by atomic mass is 16.5. The zero-order valence-corrected chi connectivity index (χ0v) is 16.5. The van der Waals surface area contributed by atoms with E-state index in [-0.39, 0.29) is 0 Å². The topological polar surface area (TPSA) is 34.2 Å². The molecule has 5 heteroatoms. The number of benzene rings is 1. The molecule has 0 N–H and O–H groups in total. The molecule has 0 amide bonds. The maximum Gasteiger partial charge on any atom is 0.164 e. The molecular weight excluding hydrogens is 340 g/mol. The zero-order chi connectivity index (χ0) is 18.2. The highest BCUT2D eigenvalue weighted by Crippen LogP contribution is 2.38. The third-order valence-corrected chi connectivity index (χ3v) is 6.64. The van der Waals surface area contributed by atoms with Crippen molar-refractivity contribution in [3.8, 4) is 17.2 Å². The van der Waals surface area contributed by atoms with E-state index < -0.39 is 0 Å². The molecule has 5 nitrogen and oxygen atoms in total. The molecule has 2 bridgehead atoms. The third kappa shape index (κ3) is 3.90. The van der Waals surface area contributed by atoms with E-state index in [4.69, 9.17) is 14.2 Å². The molecule has 0 unspecified atom stereocenters. The number of piperidine rings is 1. The van der Waals surface area contributed by atoms with Crippen molar-refractivity contribution in [3.63, 3.8) is 0 Å². The van der Waals surface area contributed by atoms with E-state index in [0.29, 0.717) is 6.61 Å². The molecule has 1 aromatic carbocycles. The van der Waals surface area contributed by atoms with Crippen molar-refractivity contribution in [3.05, 3.63) is 17.7 Å². The summed E-state index contributed by atoms with van der Waals surface area (Å²) in [5.41, 5.74) is 1.22. The normalized spacial score (nSPS) is 28.6. The highest BCUT2D eigenvalue weighted by molar-refractivity contribution is 5.51. The molecule has 4 aliphatic heterocycles. The van der Waals surface area contributed by atoms with Gasteiger partial charge in [0.25, 0.3) is 0 Å². The Morgan fingerprint density at radius 2 is 1.81 bits per heavy atom. The Labute approximate surface area is 162 Å². The monoisotopic (exact) mass is 372 g/mol. The standard InChI is InChI=1S/C22H32N2O3/c1-25-20-10-22-21(26-7-2-8-27-22)9-18(20)14-23-11-17-5-6-19(15-23)24(13-17)12-16-3-4-16/h9-10,16-17,19H,2-8,11-15H2,1H3/t17-,19+/m1/s1. The SMILES string of the molecule is COc1cc2c(cc1CN1C[C@H]3CC[C@@H](C1)N(CC1CC1)C3)OCCCO2. The summed E-state index contributed by atoms with van der Waals surface area (Å²) in [6.07, 6.45) is 6.59. The molecule has 3 saturated heterocycles. The van der Waals surface area contributed by atoms with Crippen LogP contribution in [0.1, 0.15) is 37.7 Å². The minimum atomic E-state index is 0.710. The van der Waals surface area contributed by atoms with Crippen LogP contribution in [0.15, 0.2) is 12.1 Å². The Morgan fingerprint density at radius 3 is 2.59 bits per heavy atom. The first kappa shape index (κ1) is 17.6. The fourth-order valence-corrected chi connectivity index (χ4v) is 5.05. The van der Waals surface area contributed by atoms with Crippen LogP contribution in [0.25, 0.3) is 0 Å². The lowest BCUT2D eigenvalue weighted by atomic mass is 9.95. The van der Waals surface area contributed by atoms with Crippen LogP contribution in [-0.2, 0) is 6.54 Å².